The third-order valence-electron chi connectivity index (χ3n) is 5.00. The van der Waals surface area contributed by atoms with Gasteiger partial charge in [0.2, 0.25) is 0 Å². The van der Waals surface area contributed by atoms with Gasteiger partial charge >= 0.3 is 0 Å². The highest BCUT2D eigenvalue weighted by Gasteiger charge is 2.18. The maximum atomic E-state index is 13.5. The van der Waals surface area contributed by atoms with Gasteiger partial charge in [0, 0.05) is 5.02 Å². The molecule has 0 saturated carbocycles. The van der Waals surface area contributed by atoms with E-state index in [2.05, 4.69) is 0 Å². The molecule has 0 aliphatic rings. The first-order chi connectivity index (χ1) is 14.5. The molecule has 0 unspecified atom stereocenters. The average Bonchev–Trinajstić information content (AvgIpc) is 3.10. The fourth-order valence-electron chi connectivity index (χ4n) is 3.65. The molecule has 7 heteroatoms. The molecule has 30 heavy (non-hydrogen) atoms. The SMILES string of the molecule is O=c1c2ccccc2n2c(=S)sc(-c3cccc(Cl)c3)c2n1Cc1ccc(F)cc1. The summed E-state index contributed by atoms with van der Waals surface area (Å²) in [5, 5.41) is 1.19. The van der Waals surface area contributed by atoms with E-state index in [0.717, 1.165) is 21.5 Å². The molecular weight excluding hydrogens is 439 g/mol. The van der Waals surface area contributed by atoms with Crippen LogP contribution in [0.15, 0.2) is 77.6 Å². The second-order valence-corrected chi connectivity index (χ2v) is 8.98. The first kappa shape index (κ1) is 19.2. The van der Waals surface area contributed by atoms with Crippen LogP contribution in [0.5, 0.6) is 0 Å². The van der Waals surface area contributed by atoms with E-state index in [1.807, 2.05) is 46.9 Å². The van der Waals surface area contributed by atoms with Crippen LogP contribution in [0.1, 0.15) is 5.56 Å². The van der Waals surface area contributed by atoms with Gasteiger partial charge in [-0.3, -0.25) is 13.8 Å². The Balaban J connectivity index is 1.90. The van der Waals surface area contributed by atoms with E-state index < -0.39 is 0 Å². The van der Waals surface area contributed by atoms with E-state index in [1.54, 1.807) is 22.8 Å². The predicted molar refractivity (Wildman–Crippen MR) is 124 cm³/mol. The van der Waals surface area contributed by atoms with Gasteiger partial charge in [-0.15, -0.1) is 11.3 Å². The Bertz CT molecular complexity index is 1530. The van der Waals surface area contributed by atoms with Gasteiger partial charge in [-0.25, -0.2) is 4.39 Å². The normalized spacial score (nSPS) is 11.4. The van der Waals surface area contributed by atoms with E-state index in [1.165, 1.54) is 23.5 Å². The lowest BCUT2D eigenvalue weighted by atomic mass is 10.1. The molecule has 148 valence electrons. The van der Waals surface area contributed by atoms with Gasteiger partial charge in [0.25, 0.3) is 5.56 Å². The molecule has 0 amide bonds. The smallest absolute Gasteiger partial charge is 0.261 e. The van der Waals surface area contributed by atoms with Crippen LogP contribution in [-0.4, -0.2) is 8.97 Å². The Kier molecular flexibility index (Phi) is 4.77. The summed E-state index contributed by atoms with van der Waals surface area (Å²) >= 11 is 13.4. The minimum Gasteiger partial charge on any atom is -0.288 e. The van der Waals surface area contributed by atoms with Gasteiger partial charge in [0.05, 0.1) is 22.3 Å². The molecule has 0 aliphatic carbocycles. The molecule has 2 heterocycles. The van der Waals surface area contributed by atoms with E-state index in [4.69, 9.17) is 23.8 Å². The second kappa shape index (κ2) is 7.47. The molecule has 5 aromatic rings. The molecular formula is C23H14ClFN2OS2. The Morgan fingerprint density at radius 1 is 1.00 bits per heavy atom. The molecule has 0 N–H and O–H groups in total. The van der Waals surface area contributed by atoms with Crippen molar-refractivity contribution in [3.8, 4) is 10.4 Å². The molecule has 0 radical (unpaired) electrons. The zero-order chi connectivity index (χ0) is 20.8. The van der Waals surface area contributed by atoms with Gasteiger partial charge in [-0.05, 0) is 59.7 Å². The summed E-state index contributed by atoms with van der Waals surface area (Å²) in [6, 6.07) is 21.1. The zero-order valence-corrected chi connectivity index (χ0v) is 17.9. The van der Waals surface area contributed by atoms with Gasteiger partial charge in [-0.1, -0.05) is 48.0 Å². The Labute approximate surface area is 185 Å². The van der Waals surface area contributed by atoms with Crippen molar-refractivity contribution in [1.82, 2.24) is 8.97 Å². The minimum absolute atomic E-state index is 0.119. The predicted octanol–water partition coefficient (Wildman–Crippen LogP) is 6.55. The van der Waals surface area contributed by atoms with Crippen LogP contribution in [0.2, 0.25) is 5.02 Å². The number of hydrogen-bond donors (Lipinski definition) is 0. The fraction of sp³-hybridized carbons (Fsp3) is 0.0435. The standard InChI is InChI=1S/C23H14ClFN2OS2/c24-16-5-3-4-15(12-16)20-21-26(13-14-8-10-17(25)11-9-14)22(28)18-6-1-2-7-19(18)27(21)23(29)30-20/h1-12H,13H2. The number of thiazole rings is 1. The molecule has 2 aromatic heterocycles. The number of rotatable bonds is 3. The van der Waals surface area contributed by atoms with Crippen LogP contribution < -0.4 is 5.56 Å². The van der Waals surface area contributed by atoms with Gasteiger partial charge in [0.1, 0.15) is 11.5 Å². The highest BCUT2D eigenvalue weighted by Crippen LogP contribution is 2.34. The Morgan fingerprint density at radius 2 is 1.77 bits per heavy atom. The topological polar surface area (TPSA) is 26.4 Å². The van der Waals surface area contributed by atoms with Crippen molar-refractivity contribution in [3.63, 3.8) is 0 Å². The third kappa shape index (κ3) is 3.17. The summed E-state index contributed by atoms with van der Waals surface area (Å²) in [7, 11) is 0. The number of hydrogen-bond acceptors (Lipinski definition) is 3. The number of para-hydroxylation sites is 1. The largest absolute Gasteiger partial charge is 0.288 e. The van der Waals surface area contributed by atoms with Gasteiger partial charge < -0.3 is 0 Å². The fourth-order valence-corrected chi connectivity index (χ4v) is 5.26. The number of nitrogens with zero attached hydrogens (tertiary/aromatic N) is 2. The third-order valence-corrected chi connectivity index (χ3v) is 6.65. The van der Waals surface area contributed by atoms with Crippen molar-refractivity contribution in [2.24, 2.45) is 0 Å². The minimum atomic E-state index is -0.313. The van der Waals surface area contributed by atoms with Crippen molar-refractivity contribution in [2.75, 3.05) is 0 Å². The molecule has 0 spiro atoms. The van der Waals surface area contributed by atoms with Crippen LogP contribution in [0.25, 0.3) is 27.0 Å². The lowest BCUT2D eigenvalue weighted by molar-refractivity contribution is 0.626. The quantitative estimate of drug-likeness (QED) is 0.290. The molecule has 0 bridgehead atoms. The van der Waals surface area contributed by atoms with Crippen molar-refractivity contribution in [1.29, 1.82) is 0 Å². The number of aromatic nitrogens is 2. The van der Waals surface area contributed by atoms with Crippen molar-refractivity contribution >= 4 is 51.7 Å². The number of halogens is 2. The van der Waals surface area contributed by atoms with E-state index in [9.17, 15) is 9.18 Å². The maximum absolute atomic E-state index is 13.5. The van der Waals surface area contributed by atoms with E-state index >= 15 is 0 Å². The van der Waals surface area contributed by atoms with Crippen LogP contribution in [0, 0.1) is 9.77 Å². The monoisotopic (exact) mass is 452 g/mol. The molecule has 0 saturated heterocycles. The molecule has 0 fully saturated rings. The molecule has 0 atom stereocenters. The molecule has 0 aliphatic heterocycles. The summed E-state index contributed by atoms with van der Waals surface area (Å²) in [6.45, 7) is 0.298. The van der Waals surface area contributed by atoms with E-state index in [-0.39, 0.29) is 11.4 Å². The van der Waals surface area contributed by atoms with Crippen molar-refractivity contribution < 1.29 is 4.39 Å². The first-order valence-electron chi connectivity index (χ1n) is 9.20. The highest BCUT2D eigenvalue weighted by atomic mass is 35.5. The molecule has 5 rings (SSSR count). The maximum Gasteiger partial charge on any atom is 0.261 e. The molecule has 3 aromatic carbocycles. The summed E-state index contributed by atoms with van der Waals surface area (Å²) in [4.78, 5) is 14.4. The molecule has 3 nitrogen and oxygen atoms in total. The summed E-state index contributed by atoms with van der Waals surface area (Å²) in [6.07, 6.45) is 0. The lowest BCUT2D eigenvalue weighted by Crippen LogP contribution is -2.23. The first-order valence-corrected chi connectivity index (χ1v) is 10.8. The summed E-state index contributed by atoms with van der Waals surface area (Å²) in [5.74, 6) is -0.313. The van der Waals surface area contributed by atoms with Crippen molar-refractivity contribution in [2.45, 2.75) is 6.54 Å². The van der Waals surface area contributed by atoms with Crippen LogP contribution in [0.3, 0.4) is 0 Å². The average molecular weight is 453 g/mol. The van der Waals surface area contributed by atoms with Crippen LogP contribution in [0.4, 0.5) is 4.39 Å². The van der Waals surface area contributed by atoms with E-state index in [0.29, 0.717) is 26.6 Å². The Hall–Kier alpha value is -2.80. The van der Waals surface area contributed by atoms with Crippen LogP contribution in [-0.2, 0) is 6.54 Å². The summed E-state index contributed by atoms with van der Waals surface area (Å²) in [5.41, 5.74) is 3.07. The number of fused-ring (bicyclic) bond motifs is 3. The van der Waals surface area contributed by atoms with Gasteiger partial charge in [-0.2, -0.15) is 0 Å². The van der Waals surface area contributed by atoms with Crippen LogP contribution >= 0.6 is 35.2 Å². The number of benzene rings is 3. The Morgan fingerprint density at radius 3 is 2.53 bits per heavy atom. The lowest BCUT2D eigenvalue weighted by Gasteiger charge is -2.13. The summed E-state index contributed by atoms with van der Waals surface area (Å²) < 4.78 is 17.7. The zero-order valence-electron chi connectivity index (χ0n) is 15.5. The van der Waals surface area contributed by atoms with Crippen molar-refractivity contribution in [3.05, 3.63) is 104 Å². The second-order valence-electron chi connectivity index (χ2n) is 6.90. The highest BCUT2D eigenvalue weighted by molar-refractivity contribution is 7.73. The van der Waals surface area contributed by atoms with Gasteiger partial charge in [0.15, 0.2) is 3.95 Å².